The molecular formula is C10H22N2O. The van der Waals surface area contributed by atoms with E-state index < -0.39 is 0 Å². The lowest BCUT2D eigenvalue weighted by molar-refractivity contribution is 0.0833. The zero-order chi connectivity index (χ0) is 9.90. The first kappa shape index (κ1) is 11.0. The van der Waals surface area contributed by atoms with Crippen LogP contribution in [0.4, 0.5) is 0 Å². The van der Waals surface area contributed by atoms with Crippen LogP contribution in [0.15, 0.2) is 0 Å². The molecule has 78 valence electrons. The van der Waals surface area contributed by atoms with Gasteiger partial charge in [0.15, 0.2) is 0 Å². The van der Waals surface area contributed by atoms with Crippen molar-refractivity contribution in [2.45, 2.75) is 51.3 Å². The van der Waals surface area contributed by atoms with E-state index in [-0.39, 0.29) is 17.7 Å². The number of nitrogens with one attached hydrogen (secondary N) is 2. The van der Waals surface area contributed by atoms with E-state index in [1.165, 1.54) is 0 Å². The van der Waals surface area contributed by atoms with Gasteiger partial charge in [0.2, 0.25) is 0 Å². The molecule has 0 aliphatic carbocycles. The lowest BCUT2D eigenvalue weighted by atomic mass is 9.96. The van der Waals surface area contributed by atoms with Gasteiger partial charge >= 0.3 is 0 Å². The van der Waals surface area contributed by atoms with Gasteiger partial charge in [0.05, 0.1) is 6.10 Å². The summed E-state index contributed by atoms with van der Waals surface area (Å²) in [6.07, 6.45) is 1.75. The summed E-state index contributed by atoms with van der Waals surface area (Å²) in [5.41, 5.74) is 0.130. The molecule has 2 atom stereocenters. The van der Waals surface area contributed by atoms with Crippen LogP contribution in [0.2, 0.25) is 0 Å². The topological polar surface area (TPSA) is 44.3 Å². The Labute approximate surface area is 80.9 Å². The first-order chi connectivity index (χ1) is 6.05. The van der Waals surface area contributed by atoms with Crippen LogP contribution in [-0.2, 0) is 0 Å². The SMILES string of the molecule is CCC(C)(C)N[C@H]1CNCC[C@@H]1O. The number of rotatable bonds is 3. The summed E-state index contributed by atoms with van der Waals surface area (Å²) >= 11 is 0. The monoisotopic (exact) mass is 186 g/mol. The van der Waals surface area contributed by atoms with Gasteiger partial charge in [-0.3, -0.25) is 0 Å². The van der Waals surface area contributed by atoms with E-state index in [4.69, 9.17) is 0 Å². The van der Waals surface area contributed by atoms with Gasteiger partial charge in [-0.25, -0.2) is 0 Å². The van der Waals surface area contributed by atoms with Crippen molar-refractivity contribution in [2.24, 2.45) is 0 Å². The standard InChI is InChI=1S/C10H22N2O/c1-4-10(2,3)12-8-7-11-6-5-9(8)13/h8-9,11-13H,4-7H2,1-3H3/t8-,9-/m0/s1. The summed E-state index contributed by atoms with van der Waals surface area (Å²) < 4.78 is 0. The van der Waals surface area contributed by atoms with Crippen LogP contribution >= 0.6 is 0 Å². The molecule has 0 aromatic rings. The minimum Gasteiger partial charge on any atom is -0.391 e. The summed E-state index contributed by atoms with van der Waals surface area (Å²) in [4.78, 5) is 0. The highest BCUT2D eigenvalue weighted by Crippen LogP contribution is 2.12. The van der Waals surface area contributed by atoms with Crippen molar-refractivity contribution >= 4 is 0 Å². The fourth-order valence-corrected chi connectivity index (χ4v) is 1.60. The third kappa shape index (κ3) is 3.25. The zero-order valence-corrected chi connectivity index (χ0v) is 8.93. The summed E-state index contributed by atoms with van der Waals surface area (Å²) in [5.74, 6) is 0. The molecule has 13 heavy (non-hydrogen) atoms. The normalized spacial score (nSPS) is 30.5. The molecule has 0 aromatic heterocycles. The smallest absolute Gasteiger partial charge is 0.0717 e. The zero-order valence-electron chi connectivity index (χ0n) is 8.93. The van der Waals surface area contributed by atoms with E-state index >= 15 is 0 Å². The Morgan fingerprint density at radius 2 is 2.23 bits per heavy atom. The molecular weight excluding hydrogens is 164 g/mol. The van der Waals surface area contributed by atoms with Crippen molar-refractivity contribution < 1.29 is 5.11 Å². The fourth-order valence-electron chi connectivity index (χ4n) is 1.60. The number of piperidine rings is 1. The van der Waals surface area contributed by atoms with E-state index in [9.17, 15) is 5.11 Å². The van der Waals surface area contributed by atoms with Crippen molar-refractivity contribution in [1.29, 1.82) is 0 Å². The molecule has 0 aromatic carbocycles. The molecule has 0 bridgehead atoms. The highest BCUT2D eigenvalue weighted by Gasteiger charge is 2.27. The van der Waals surface area contributed by atoms with Crippen LogP contribution in [0.1, 0.15) is 33.6 Å². The molecule has 0 unspecified atom stereocenters. The highest BCUT2D eigenvalue weighted by molar-refractivity contribution is 4.89. The van der Waals surface area contributed by atoms with Gasteiger partial charge in [0, 0.05) is 18.1 Å². The first-order valence-corrected chi connectivity index (χ1v) is 5.21. The molecule has 1 saturated heterocycles. The molecule has 1 aliphatic heterocycles. The molecule has 0 spiro atoms. The van der Waals surface area contributed by atoms with Gasteiger partial charge < -0.3 is 15.7 Å². The average Bonchev–Trinajstić information content (AvgIpc) is 2.09. The van der Waals surface area contributed by atoms with Crippen molar-refractivity contribution in [1.82, 2.24) is 10.6 Å². The highest BCUT2D eigenvalue weighted by atomic mass is 16.3. The van der Waals surface area contributed by atoms with Crippen LogP contribution in [0.5, 0.6) is 0 Å². The van der Waals surface area contributed by atoms with Gasteiger partial charge in [0.25, 0.3) is 0 Å². The number of aliphatic hydroxyl groups excluding tert-OH is 1. The van der Waals surface area contributed by atoms with Gasteiger partial charge in [-0.2, -0.15) is 0 Å². The average molecular weight is 186 g/mol. The Morgan fingerprint density at radius 3 is 2.77 bits per heavy atom. The second-order valence-electron chi connectivity index (χ2n) is 4.55. The van der Waals surface area contributed by atoms with Crippen LogP contribution in [0.3, 0.4) is 0 Å². The molecule has 3 nitrogen and oxygen atoms in total. The number of hydrogen-bond acceptors (Lipinski definition) is 3. The minimum absolute atomic E-state index is 0.130. The van der Waals surface area contributed by atoms with Crippen LogP contribution in [0, 0.1) is 0 Å². The second kappa shape index (κ2) is 4.40. The van der Waals surface area contributed by atoms with Gasteiger partial charge in [0.1, 0.15) is 0 Å². The minimum atomic E-state index is -0.188. The van der Waals surface area contributed by atoms with Gasteiger partial charge in [-0.05, 0) is 33.2 Å². The quantitative estimate of drug-likeness (QED) is 0.601. The molecule has 1 heterocycles. The van der Waals surface area contributed by atoms with E-state index in [1.807, 2.05) is 0 Å². The molecule has 1 rings (SSSR count). The predicted octanol–water partition coefficient (Wildman–Crippen LogP) is 0.487. The van der Waals surface area contributed by atoms with Crippen molar-refractivity contribution in [3.63, 3.8) is 0 Å². The Bertz CT molecular complexity index is 159. The van der Waals surface area contributed by atoms with E-state index in [0.29, 0.717) is 0 Å². The summed E-state index contributed by atoms with van der Waals surface area (Å²) in [5, 5.41) is 16.5. The second-order valence-corrected chi connectivity index (χ2v) is 4.55. The molecule has 0 saturated carbocycles. The molecule has 1 aliphatic rings. The third-order valence-corrected chi connectivity index (χ3v) is 2.91. The summed E-state index contributed by atoms with van der Waals surface area (Å²) in [6, 6.07) is 0.212. The summed E-state index contributed by atoms with van der Waals surface area (Å²) in [6.45, 7) is 8.33. The third-order valence-electron chi connectivity index (χ3n) is 2.91. The Kier molecular flexibility index (Phi) is 3.71. The van der Waals surface area contributed by atoms with E-state index in [2.05, 4.69) is 31.4 Å². The molecule has 3 N–H and O–H groups in total. The Morgan fingerprint density at radius 1 is 1.54 bits per heavy atom. The maximum Gasteiger partial charge on any atom is 0.0717 e. The van der Waals surface area contributed by atoms with Gasteiger partial charge in [-0.15, -0.1) is 0 Å². The van der Waals surface area contributed by atoms with Crippen molar-refractivity contribution in [3.05, 3.63) is 0 Å². The van der Waals surface area contributed by atoms with Crippen molar-refractivity contribution in [2.75, 3.05) is 13.1 Å². The van der Waals surface area contributed by atoms with Crippen LogP contribution in [-0.4, -0.2) is 35.9 Å². The number of hydrogen-bond donors (Lipinski definition) is 3. The molecule has 1 fully saturated rings. The Hall–Kier alpha value is -0.120. The molecule has 3 heteroatoms. The number of aliphatic hydroxyl groups is 1. The maximum atomic E-state index is 9.73. The molecule has 0 amide bonds. The first-order valence-electron chi connectivity index (χ1n) is 5.21. The lowest BCUT2D eigenvalue weighted by Crippen LogP contribution is -2.57. The van der Waals surface area contributed by atoms with E-state index in [1.54, 1.807) is 0 Å². The maximum absolute atomic E-state index is 9.73. The fraction of sp³-hybridized carbons (Fsp3) is 1.00. The largest absolute Gasteiger partial charge is 0.391 e. The van der Waals surface area contributed by atoms with Crippen molar-refractivity contribution in [3.8, 4) is 0 Å². The predicted molar refractivity (Wildman–Crippen MR) is 54.8 cm³/mol. The van der Waals surface area contributed by atoms with E-state index in [0.717, 1.165) is 25.9 Å². The lowest BCUT2D eigenvalue weighted by Gasteiger charge is -2.36. The summed E-state index contributed by atoms with van der Waals surface area (Å²) in [7, 11) is 0. The Balaban J connectivity index is 2.42. The van der Waals surface area contributed by atoms with Crippen LogP contribution in [0.25, 0.3) is 0 Å². The van der Waals surface area contributed by atoms with Gasteiger partial charge in [-0.1, -0.05) is 6.92 Å². The molecule has 0 radical (unpaired) electrons. The van der Waals surface area contributed by atoms with Crippen LogP contribution < -0.4 is 10.6 Å².